The molecular weight excluding hydrogens is 630 g/mol. The molecule has 0 aliphatic heterocycles. The molecule has 4 fully saturated rings. The first kappa shape index (κ1) is 42.1. The van der Waals surface area contributed by atoms with Gasteiger partial charge in [0, 0.05) is 19.4 Å². The van der Waals surface area contributed by atoms with E-state index in [1.54, 1.807) is 0 Å². The van der Waals surface area contributed by atoms with Crippen LogP contribution in [0, 0.1) is 35.5 Å². The van der Waals surface area contributed by atoms with Gasteiger partial charge in [-0.2, -0.15) is 0 Å². The maximum absolute atomic E-state index is 13.0. The monoisotopic (exact) mass is 702 g/mol. The highest BCUT2D eigenvalue weighted by Gasteiger charge is 2.48. The fourth-order valence-corrected chi connectivity index (χ4v) is 8.55. The lowest BCUT2D eigenvalue weighted by Gasteiger charge is -2.54. The molecule has 0 heterocycles. The first-order chi connectivity index (χ1) is 24.4. The van der Waals surface area contributed by atoms with Crippen LogP contribution < -0.4 is 0 Å². The van der Waals surface area contributed by atoms with Crippen LogP contribution >= 0.6 is 0 Å². The number of hydrogen-bond acceptors (Lipinski definition) is 8. The van der Waals surface area contributed by atoms with Crippen LogP contribution in [0.15, 0.2) is 24.3 Å². The van der Waals surface area contributed by atoms with Crippen molar-refractivity contribution in [3.63, 3.8) is 0 Å². The van der Waals surface area contributed by atoms with Crippen molar-refractivity contribution < 1.29 is 33.3 Å². The van der Waals surface area contributed by atoms with Crippen molar-refractivity contribution in [1.29, 1.82) is 0 Å². The summed E-state index contributed by atoms with van der Waals surface area (Å²) >= 11 is 0. The van der Waals surface area contributed by atoms with E-state index >= 15 is 0 Å². The van der Waals surface area contributed by atoms with Crippen molar-refractivity contribution >= 4 is 18.1 Å². The molecule has 0 aromatic heterocycles. The standard InChI is InChI=1S/C42H71NO7/c1-4-7-8-9-10-11-12-13-14-15-16-17-18-19-20-22-40(44)48-31-36(33-50-42(46)47-24-21-23-43(5-2)6-3)32-49-41(45)30-39-37-26-34-25-35(28-37)29-38(39)27-34/h10-11,13-14,34-39H,4-9,12,15-33H2,1-3H3/b11-10-,14-13-. The summed E-state index contributed by atoms with van der Waals surface area (Å²) in [5, 5.41) is 0. The predicted octanol–water partition coefficient (Wildman–Crippen LogP) is 9.85. The minimum Gasteiger partial charge on any atom is -0.465 e. The minimum absolute atomic E-state index is 0.0306. The molecule has 4 aliphatic rings. The Kier molecular flexibility index (Phi) is 21.5. The lowest BCUT2D eigenvalue weighted by molar-refractivity contribution is -0.153. The van der Waals surface area contributed by atoms with E-state index < -0.39 is 12.1 Å². The third-order valence-electron chi connectivity index (χ3n) is 11.3. The summed E-state index contributed by atoms with van der Waals surface area (Å²) in [6, 6.07) is 0. The largest absolute Gasteiger partial charge is 0.508 e. The molecule has 0 N–H and O–H groups in total. The second kappa shape index (κ2) is 25.6. The Morgan fingerprint density at radius 3 is 1.86 bits per heavy atom. The number of nitrogens with zero attached hydrogens (tertiary/aromatic N) is 1. The highest BCUT2D eigenvalue weighted by Crippen LogP contribution is 2.57. The van der Waals surface area contributed by atoms with E-state index in [0.717, 1.165) is 76.4 Å². The molecule has 4 aliphatic carbocycles. The van der Waals surface area contributed by atoms with Gasteiger partial charge in [0.25, 0.3) is 0 Å². The van der Waals surface area contributed by atoms with Crippen LogP contribution in [0.25, 0.3) is 0 Å². The van der Waals surface area contributed by atoms with E-state index in [2.05, 4.69) is 50.0 Å². The Balaban J connectivity index is 1.30. The van der Waals surface area contributed by atoms with Gasteiger partial charge in [0.05, 0.1) is 12.5 Å². The molecule has 0 saturated heterocycles. The normalized spacial score (nSPS) is 23.2. The number of hydrogen-bond donors (Lipinski definition) is 0. The molecule has 0 radical (unpaired) electrons. The molecule has 8 nitrogen and oxygen atoms in total. The Morgan fingerprint density at radius 2 is 1.22 bits per heavy atom. The lowest BCUT2D eigenvalue weighted by Crippen LogP contribution is -2.45. The second-order valence-corrected chi connectivity index (χ2v) is 15.3. The highest BCUT2D eigenvalue weighted by molar-refractivity contribution is 5.70. The van der Waals surface area contributed by atoms with Crippen molar-refractivity contribution in [2.45, 2.75) is 143 Å². The molecular formula is C42H71NO7. The molecule has 0 spiro atoms. The summed E-state index contributed by atoms with van der Waals surface area (Å²) in [4.78, 5) is 40.1. The number of esters is 2. The zero-order valence-electron chi connectivity index (χ0n) is 32.0. The number of allylic oxidation sites excluding steroid dienone is 4. The number of rotatable bonds is 28. The molecule has 4 rings (SSSR count). The van der Waals surface area contributed by atoms with Crippen molar-refractivity contribution in [2.75, 3.05) is 46.1 Å². The summed E-state index contributed by atoms with van der Waals surface area (Å²) in [6.45, 7) is 9.57. The average molecular weight is 702 g/mol. The van der Waals surface area contributed by atoms with Crippen LogP contribution in [0.5, 0.6) is 0 Å². The fraction of sp³-hybridized carbons (Fsp3) is 0.833. The van der Waals surface area contributed by atoms with Crippen LogP contribution in [-0.2, 0) is 28.5 Å². The minimum atomic E-state index is -0.745. The molecule has 8 heteroatoms. The number of ether oxygens (including phenoxy) is 4. The Morgan fingerprint density at radius 1 is 0.640 bits per heavy atom. The molecule has 4 bridgehead atoms. The first-order valence-corrected chi connectivity index (χ1v) is 20.5. The maximum atomic E-state index is 13.0. The van der Waals surface area contributed by atoms with Gasteiger partial charge in [0.15, 0.2) is 0 Å². The molecule has 1 unspecified atom stereocenters. The van der Waals surface area contributed by atoms with Crippen molar-refractivity contribution in [1.82, 2.24) is 4.90 Å². The van der Waals surface area contributed by atoms with Gasteiger partial charge < -0.3 is 23.8 Å². The van der Waals surface area contributed by atoms with E-state index in [9.17, 15) is 14.4 Å². The Bertz CT molecular complexity index is 978. The molecule has 286 valence electrons. The van der Waals surface area contributed by atoms with Crippen LogP contribution in [-0.4, -0.2) is 69.1 Å². The van der Waals surface area contributed by atoms with Gasteiger partial charge in [-0.25, -0.2) is 4.79 Å². The van der Waals surface area contributed by atoms with E-state index in [1.807, 2.05) is 0 Å². The summed E-state index contributed by atoms with van der Waals surface area (Å²) in [7, 11) is 0. The third kappa shape index (κ3) is 17.2. The summed E-state index contributed by atoms with van der Waals surface area (Å²) in [5.74, 6) is 2.58. The van der Waals surface area contributed by atoms with Gasteiger partial charge in [-0.3, -0.25) is 9.59 Å². The maximum Gasteiger partial charge on any atom is 0.508 e. The smallest absolute Gasteiger partial charge is 0.465 e. The number of carbonyl (C=O) groups is 3. The number of carbonyl (C=O) groups excluding carboxylic acids is 3. The second-order valence-electron chi connectivity index (χ2n) is 15.3. The highest BCUT2D eigenvalue weighted by atomic mass is 16.7. The average Bonchev–Trinajstić information content (AvgIpc) is 3.10. The molecule has 50 heavy (non-hydrogen) atoms. The van der Waals surface area contributed by atoms with Crippen LogP contribution in [0.3, 0.4) is 0 Å². The fourth-order valence-electron chi connectivity index (χ4n) is 8.55. The summed E-state index contributed by atoms with van der Waals surface area (Å²) in [5.41, 5.74) is 0. The molecule has 0 aromatic rings. The SMILES string of the molecule is CCCCC/C=C\C/C=C\CCCCCCCC(=O)OCC(COC(=O)CC1C2CC3CC(C2)CC1C3)COC(=O)OCCCN(CC)CC. The van der Waals surface area contributed by atoms with Crippen molar-refractivity contribution in [3.05, 3.63) is 24.3 Å². The van der Waals surface area contributed by atoms with E-state index in [4.69, 9.17) is 18.9 Å². The first-order valence-electron chi connectivity index (χ1n) is 20.5. The zero-order valence-corrected chi connectivity index (χ0v) is 32.0. The lowest BCUT2D eigenvalue weighted by atomic mass is 9.51. The van der Waals surface area contributed by atoms with Gasteiger partial charge >= 0.3 is 18.1 Å². The quantitative estimate of drug-likeness (QED) is 0.0345. The molecule has 0 aromatic carbocycles. The van der Waals surface area contributed by atoms with E-state index in [1.165, 1.54) is 64.2 Å². The van der Waals surface area contributed by atoms with Gasteiger partial charge in [-0.15, -0.1) is 0 Å². The predicted molar refractivity (Wildman–Crippen MR) is 200 cm³/mol. The van der Waals surface area contributed by atoms with E-state index in [-0.39, 0.29) is 38.4 Å². The molecule has 1 atom stereocenters. The number of unbranched alkanes of at least 4 members (excludes halogenated alkanes) is 8. The van der Waals surface area contributed by atoms with Crippen LogP contribution in [0.1, 0.15) is 143 Å². The van der Waals surface area contributed by atoms with Gasteiger partial charge in [-0.1, -0.05) is 77.2 Å². The van der Waals surface area contributed by atoms with Crippen molar-refractivity contribution in [3.8, 4) is 0 Å². The summed E-state index contributed by atoms with van der Waals surface area (Å²) in [6.07, 6.45) is 28.8. The molecule has 0 amide bonds. The Hall–Kier alpha value is -2.35. The Labute approximate surface area is 304 Å². The van der Waals surface area contributed by atoms with Gasteiger partial charge in [0.1, 0.15) is 19.8 Å². The zero-order chi connectivity index (χ0) is 35.8. The topological polar surface area (TPSA) is 91.4 Å². The van der Waals surface area contributed by atoms with Crippen molar-refractivity contribution in [2.24, 2.45) is 35.5 Å². The van der Waals surface area contributed by atoms with E-state index in [0.29, 0.717) is 30.6 Å². The molecule has 4 saturated carbocycles. The third-order valence-corrected chi connectivity index (χ3v) is 11.3. The van der Waals surface area contributed by atoms with Crippen LogP contribution in [0.4, 0.5) is 4.79 Å². The van der Waals surface area contributed by atoms with Gasteiger partial charge in [0.2, 0.25) is 0 Å². The van der Waals surface area contributed by atoms with Crippen LogP contribution in [0.2, 0.25) is 0 Å². The van der Waals surface area contributed by atoms with Gasteiger partial charge in [-0.05, 0) is 120 Å². The summed E-state index contributed by atoms with van der Waals surface area (Å²) < 4.78 is 22.0.